The van der Waals surface area contributed by atoms with E-state index in [1.54, 1.807) is 0 Å². The second kappa shape index (κ2) is 3.17. The van der Waals surface area contributed by atoms with Gasteiger partial charge in [0.15, 0.2) is 0 Å². The van der Waals surface area contributed by atoms with E-state index in [-0.39, 0.29) is 0 Å². The summed E-state index contributed by atoms with van der Waals surface area (Å²) in [6, 6.07) is 0. The third-order valence-corrected chi connectivity index (χ3v) is 3.29. The molecule has 0 radical (unpaired) electrons. The molecule has 12 heavy (non-hydrogen) atoms. The smallest absolute Gasteiger partial charge is 0.133 e. The van der Waals surface area contributed by atoms with Crippen LogP contribution in [0.1, 0.15) is 32.1 Å². The molecule has 0 amide bonds. The van der Waals surface area contributed by atoms with Crippen molar-refractivity contribution in [1.82, 2.24) is 0 Å². The Morgan fingerprint density at radius 3 is 2.25 bits per heavy atom. The van der Waals surface area contributed by atoms with E-state index >= 15 is 0 Å². The molecule has 2 aliphatic carbocycles. The molecule has 0 saturated heterocycles. The van der Waals surface area contributed by atoms with E-state index in [0.717, 1.165) is 25.7 Å². The maximum absolute atomic E-state index is 11.2. The number of ketones is 1. The van der Waals surface area contributed by atoms with Gasteiger partial charge in [-0.1, -0.05) is 0 Å². The van der Waals surface area contributed by atoms with Crippen molar-refractivity contribution in [2.75, 3.05) is 6.61 Å². The zero-order valence-electron chi connectivity index (χ0n) is 7.33. The van der Waals surface area contributed by atoms with Gasteiger partial charge < -0.3 is 5.11 Å². The number of hydrogen-bond acceptors (Lipinski definition) is 2. The van der Waals surface area contributed by atoms with Crippen molar-refractivity contribution in [2.24, 2.45) is 17.8 Å². The minimum atomic E-state index is 0.321. The second-order valence-corrected chi connectivity index (χ2v) is 4.43. The number of Topliss-reactive ketones (excluding diaryl/α,β-unsaturated/α-hetero) is 1. The summed E-state index contributed by atoms with van der Waals surface area (Å²) in [7, 11) is 0. The van der Waals surface area contributed by atoms with Gasteiger partial charge in [0.1, 0.15) is 5.78 Å². The van der Waals surface area contributed by atoms with Gasteiger partial charge in [0.25, 0.3) is 0 Å². The quantitative estimate of drug-likeness (QED) is 0.642. The van der Waals surface area contributed by atoms with E-state index in [1.165, 1.54) is 6.42 Å². The molecule has 0 spiro atoms. The lowest BCUT2D eigenvalue weighted by molar-refractivity contribution is -0.124. The largest absolute Gasteiger partial charge is 0.396 e. The zero-order chi connectivity index (χ0) is 8.55. The number of hydrogen-bond donors (Lipinski definition) is 1. The van der Waals surface area contributed by atoms with E-state index in [2.05, 4.69) is 0 Å². The van der Waals surface area contributed by atoms with Gasteiger partial charge >= 0.3 is 0 Å². The third-order valence-electron chi connectivity index (χ3n) is 3.29. The van der Waals surface area contributed by atoms with E-state index in [9.17, 15) is 4.79 Å². The van der Waals surface area contributed by atoms with Crippen LogP contribution >= 0.6 is 0 Å². The van der Waals surface area contributed by atoms with Crippen LogP contribution in [-0.2, 0) is 4.79 Å². The van der Waals surface area contributed by atoms with Crippen LogP contribution in [0.3, 0.4) is 0 Å². The van der Waals surface area contributed by atoms with Crippen molar-refractivity contribution < 1.29 is 9.90 Å². The number of fused-ring (bicyclic) bond motifs is 2. The summed E-state index contributed by atoms with van der Waals surface area (Å²) in [5.41, 5.74) is 0. The van der Waals surface area contributed by atoms with Crippen molar-refractivity contribution in [1.29, 1.82) is 0 Å². The van der Waals surface area contributed by atoms with E-state index < -0.39 is 0 Å². The average Bonchev–Trinajstić information content (AvgIpc) is 2.02. The predicted molar refractivity (Wildman–Crippen MR) is 45.6 cm³/mol. The fraction of sp³-hybridized carbons (Fsp3) is 0.900. The van der Waals surface area contributed by atoms with E-state index in [1.807, 2.05) is 0 Å². The molecule has 3 atom stereocenters. The molecule has 0 aliphatic heterocycles. The highest BCUT2D eigenvalue weighted by Gasteiger charge is 2.34. The third kappa shape index (κ3) is 1.53. The summed E-state index contributed by atoms with van der Waals surface area (Å²) in [4.78, 5) is 11.2. The van der Waals surface area contributed by atoms with Crippen LogP contribution in [0.5, 0.6) is 0 Å². The molecule has 2 rings (SSSR count). The molecule has 0 aromatic rings. The maximum atomic E-state index is 11.2. The molecule has 2 saturated carbocycles. The van der Waals surface area contributed by atoms with Gasteiger partial charge in [-0.25, -0.2) is 0 Å². The minimum absolute atomic E-state index is 0.321. The highest BCUT2D eigenvalue weighted by molar-refractivity contribution is 5.79. The van der Waals surface area contributed by atoms with Gasteiger partial charge in [0.05, 0.1) is 0 Å². The molecule has 0 aromatic heterocycles. The molecule has 1 N–H and O–H groups in total. The molecule has 1 unspecified atom stereocenters. The first kappa shape index (κ1) is 8.24. The first-order valence-electron chi connectivity index (χ1n) is 4.90. The van der Waals surface area contributed by atoms with Crippen molar-refractivity contribution in [2.45, 2.75) is 32.1 Å². The van der Waals surface area contributed by atoms with Gasteiger partial charge in [-0.2, -0.15) is 0 Å². The topological polar surface area (TPSA) is 37.3 Å². The molecule has 2 bridgehead atoms. The monoisotopic (exact) mass is 168 g/mol. The predicted octanol–water partition coefficient (Wildman–Crippen LogP) is 1.37. The summed E-state index contributed by atoms with van der Waals surface area (Å²) in [5.74, 6) is 2.14. The molecule has 2 aliphatic rings. The number of aliphatic hydroxyl groups is 1. The summed E-state index contributed by atoms with van der Waals surface area (Å²) >= 11 is 0. The normalized spacial score (nSPS) is 41.4. The van der Waals surface area contributed by atoms with E-state index in [4.69, 9.17) is 5.11 Å². The van der Waals surface area contributed by atoms with Gasteiger partial charge in [-0.3, -0.25) is 4.79 Å². The van der Waals surface area contributed by atoms with Crippen LogP contribution in [0, 0.1) is 17.8 Å². The summed E-state index contributed by atoms with van der Waals surface area (Å²) in [6.07, 6.45) is 4.97. The maximum Gasteiger partial charge on any atom is 0.133 e. The minimum Gasteiger partial charge on any atom is -0.396 e. The Kier molecular flexibility index (Phi) is 2.18. The lowest BCUT2D eigenvalue weighted by Crippen LogP contribution is -2.32. The Hall–Kier alpha value is -0.370. The Morgan fingerprint density at radius 2 is 1.75 bits per heavy atom. The Labute approximate surface area is 73.0 Å². The fourth-order valence-electron chi connectivity index (χ4n) is 2.91. The summed E-state index contributed by atoms with van der Waals surface area (Å²) < 4.78 is 0. The summed E-state index contributed by atoms with van der Waals surface area (Å²) in [5, 5.41) is 9.03. The number of carbonyl (C=O) groups excluding carboxylic acids is 1. The second-order valence-electron chi connectivity index (χ2n) is 4.43. The molecular formula is C10H16O2. The Morgan fingerprint density at radius 1 is 1.17 bits per heavy atom. The van der Waals surface area contributed by atoms with Crippen LogP contribution < -0.4 is 0 Å². The molecule has 68 valence electrons. The first-order valence-corrected chi connectivity index (χ1v) is 4.90. The van der Waals surface area contributed by atoms with Gasteiger partial charge in [0.2, 0.25) is 0 Å². The highest BCUT2D eigenvalue weighted by Crippen LogP contribution is 2.40. The molecule has 2 fully saturated rings. The van der Waals surface area contributed by atoms with Crippen molar-refractivity contribution >= 4 is 5.78 Å². The van der Waals surface area contributed by atoms with Crippen LogP contribution in [0.4, 0.5) is 0 Å². The average molecular weight is 168 g/mol. The Balaban J connectivity index is 2.00. The van der Waals surface area contributed by atoms with Gasteiger partial charge in [-0.15, -0.1) is 0 Å². The number of rotatable bonds is 1. The lowest BCUT2D eigenvalue weighted by atomic mass is 9.68. The van der Waals surface area contributed by atoms with E-state index in [0.29, 0.717) is 30.1 Å². The van der Waals surface area contributed by atoms with Gasteiger partial charge in [0, 0.05) is 19.4 Å². The van der Waals surface area contributed by atoms with Crippen LogP contribution in [0.25, 0.3) is 0 Å². The standard InChI is InChI=1S/C10H16O2/c11-6-9-2-7-1-8(3-9)5-10(12)4-7/h7-9,11H,1-6H2/t7-,8+,9?. The molecule has 0 heterocycles. The van der Waals surface area contributed by atoms with Gasteiger partial charge in [-0.05, 0) is 37.0 Å². The molecule has 2 nitrogen and oxygen atoms in total. The zero-order valence-corrected chi connectivity index (χ0v) is 7.33. The SMILES string of the molecule is O=C1C[C@@H]2CC(CO)C[C@H](C1)C2. The molecule has 0 aromatic carbocycles. The molecule has 2 heteroatoms. The highest BCUT2D eigenvalue weighted by atomic mass is 16.3. The Bertz CT molecular complexity index is 172. The molecular weight excluding hydrogens is 152 g/mol. The first-order chi connectivity index (χ1) is 5.78. The fourth-order valence-corrected chi connectivity index (χ4v) is 2.91. The van der Waals surface area contributed by atoms with Crippen molar-refractivity contribution in [3.63, 3.8) is 0 Å². The lowest BCUT2D eigenvalue weighted by Gasteiger charge is -2.37. The van der Waals surface area contributed by atoms with Crippen LogP contribution in [0.2, 0.25) is 0 Å². The van der Waals surface area contributed by atoms with Crippen molar-refractivity contribution in [3.8, 4) is 0 Å². The van der Waals surface area contributed by atoms with Crippen LogP contribution in [0.15, 0.2) is 0 Å². The van der Waals surface area contributed by atoms with Crippen LogP contribution in [-0.4, -0.2) is 17.5 Å². The number of aliphatic hydroxyl groups excluding tert-OH is 1. The summed E-state index contributed by atoms with van der Waals surface area (Å²) in [6.45, 7) is 0.321. The van der Waals surface area contributed by atoms with Crippen molar-refractivity contribution in [3.05, 3.63) is 0 Å². The number of carbonyl (C=O) groups is 1.